The molecule has 0 bridgehead atoms. The molecule has 1 aliphatic heterocycles. The average Bonchev–Trinajstić information content (AvgIpc) is 2.72. The molecule has 0 spiro atoms. The van der Waals surface area contributed by atoms with Crippen molar-refractivity contribution in [2.24, 2.45) is 0 Å². The first kappa shape index (κ1) is 10.8. The van der Waals surface area contributed by atoms with Crippen LogP contribution in [0.5, 0.6) is 0 Å². The van der Waals surface area contributed by atoms with Crippen molar-refractivity contribution in [2.45, 2.75) is 12.5 Å². The van der Waals surface area contributed by atoms with Crippen LogP contribution in [0.15, 0.2) is 30.5 Å². The summed E-state index contributed by atoms with van der Waals surface area (Å²) in [5.41, 5.74) is 2.64. The van der Waals surface area contributed by atoms with Crippen LogP contribution in [-0.2, 0) is 5.54 Å². The van der Waals surface area contributed by atoms with Crippen LogP contribution in [0.4, 0.5) is 0 Å². The standard InChI is InChI=1S/C14H19N3/c1-14(10-17(2)8-7-16-14)12-9-15-13-6-4-3-5-11(12)13/h3-6,9,15-16H,7-8,10H2,1-2H3. The number of H-pyrrole nitrogens is 1. The van der Waals surface area contributed by atoms with Crippen molar-refractivity contribution in [3.8, 4) is 0 Å². The Hall–Kier alpha value is -1.32. The van der Waals surface area contributed by atoms with Crippen molar-refractivity contribution in [1.29, 1.82) is 0 Å². The van der Waals surface area contributed by atoms with Crippen LogP contribution in [0.3, 0.4) is 0 Å². The molecule has 2 N–H and O–H groups in total. The normalized spacial score (nSPS) is 26.5. The summed E-state index contributed by atoms with van der Waals surface area (Å²) in [4.78, 5) is 5.75. The van der Waals surface area contributed by atoms with E-state index in [4.69, 9.17) is 0 Å². The SMILES string of the molecule is CN1CCNC(C)(c2c[nH]c3ccccc23)C1. The van der Waals surface area contributed by atoms with E-state index in [0.29, 0.717) is 0 Å². The number of piperazine rings is 1. The van der Waals surface area contributed by atoms with Crippen LogP contribution in [0.25, 0.3) is 10.9 Å². The Morgan fingerprint density at radius 1 is 1.29 bits per heavy atom. The summed E-state index contributed by atoms with van der Waals surface area (Å²) in [7, 11) is 2.19. The predicted molar refractivity (Wildman–Crippen MR) is 71.2 cm³/mol. The minimum atomic E-state index is 0.0482. The molecule has 1 fully saturated rings. The van der Waals surface area contributed by atoms with Crippen LogP contribution >= 0.6 is 0 Å². The number of aromatic amines is 1. The van der Waals surface area contributed by atoms with Crippen LogP contribution in [0, 0.1) is 0 Å². The fraction of sp³-hybridized carbons (Fsp3) is 0.429. The van der Waals surface area contributed by atoms with Crippen molar-refractivity contribution < 1.29 is 0 Å². The van der Waals surface area contributed by atoms with Crippen molar-refractivity contribution in [3.05, 3.63) is 36.0 Å². The fourth-order valence-electron chi connectivity index (χ4n) is 2.91. The third-order valence-corrected chi connectivity index (χ3v) is 3.78. The Morgan fingerprint density at radius 2 is 2.12 bits per heavy atom. The largest absolute Gasteiger partial charge is 0.361 e. The Kier molecular flexibility index (Phi) is 2.45. The van der Waals surface area contributed by atoms with Crippen molar-refractivity contribution >= 4 is 10.9 Å². The monoisotopic (exact) mass is 229 g/mol. The van der Waals surface area contributed by atoms with E-state index < -0.39 is 0 Å². The molecular weight excluding hydrogens is 210 g/mol. The van der Waals surface area contributed by atoms with Gasteiger partial charge in [0.1, 0.15) is 0 Å². The zero-order valence-corrected chi connectivity index (χ0v) is 10.5. The first-order valence-electron chi connectivity index (χ1n) is 6.19. The van der Waals surface area contributed by atoms with E-state index in [-0.39, 0.29) is 5.54 Å². The lowest BCUT2D eigenvalue weighted by Gasteiger charge is -2.40. The summed E-state index contributed by atoms with van der Waals surface area (Å²) >= 11 is 0. The molecular formula is C14H19N3. The molecule has 1 saturated heterocycles. The quantitative estimate of drug-likeness (QED) is 0.782. The smallest absolute Gasteiger partial charge is 0.0556 e. The molecule has 2 heterocycles. The highest BCUT2D eigenvalue weighted by atomic mass is 15.2. The molecule has 0 aliphatic carbocycles. The molecule has 1 aromatic carbocycles. The molecule has 1 aliphatic rings. The summed E-state index contributed by atoms with van der Waals surface area (Å²) in [6.45, 7) is 5.51. The molecule has 17 heavy (non-hydrogen) atoms. The van der Waals surface area contributed by atoms with Crippen LogP contribution < -0.4 is 5.32 Å². The molecule has 90 valence electrons. The summed E-state index contributed by atoms with van der Waals surface area (Å²) in [5.74, 6) is 0. The molecule has 1 atom stereocenters. The fourth-order valence-corrected chi connectivity index (χ4v) is 2.91. The second-order valence-electron chi connectivity index (χ2n) is 5.24. The number of para-hydroxylation sites is 1. The minimum Gasteiger partial charge on any atom is -0.361 e. The number of aromatic nitrogens is 1. The molecule has 2 aromatic rings. The topological polar surface area (TPSA) is 31.1 Å². The highest BCUT2D eigenvalue weighted by Gasteiger charge is 2.32. The number of nitrogens with one attached hydrogen (secondary N) is 2. The van der Waals surface area contributed by atoms with Gasteiger partial charge in [0.05, 0.1) is 5.54 Å². The first-order chi connectivity index (χ1) is 8.19. The minimum absolute atomic E-state index is 0.0482. The third-order valence-electron chi connectivity index (χ3n) is 3.78. The van der Waals surface area contributed by atoms with Crippen LogP contribution in [0.2, 0.25) is 0 Å². The lowest BCUT2D eigenvalue weighted by atomic mass is 9.89. The Balaban J connectivity index is 2.08. The van der Waals surface area contributed by atoms with Crippen molar-refractivity contribution in [2.75, 3.05) is 26.7 Å². The van der Waals surface area contributed by atoms with Gasteiger partial charge in [0, 0.05) is 36.7 Å². The molecule has 0 amide bonds. The van der Waals surface area contributed by atoms with Crippen LogP contribution in [0.1, 0.15) is 12.5 Å². The van der Waals surface area contributed by atoms with Gasteiger partial charge in [-0.3, -0.25) is 0 Å². The molecule has 3 nitrogen and oxygen atoms in total. The van der Waals surface area contributed by atoms with E-state index in [0.717, 1.165) is 19.6 Å². The number of rotatable bonds is 1. The maximum Gasteiger partial charge on any atom is 0.0556 e. The van der Waals surface area contributed by atoms with Crippen molar-refractivity contribution in [1.82, 2.24) is 15.2 Å². The Morgan fingerprint density at radius 3 is 2.94 bits per heavy atom. The van der Waals surface area contributed by atoms with Gasteiger partial charge in [-0.25, -0.2) is 0 Å². The average molecular weight is 229 g/mol. The van der Waals surface area contributed by atoms with Gasteiger partial charge in [-0.05, 0) is 25.6 Å². The summed E-state index contributed by atoms with van der Waals surface area (Å²) in [6.07, 6.45) is 2.15. The first-order valence-corrected chi connectivity index (χ1v) is 6.19. The van der Waals surface area contributed by atoms with Crippen molar-refractivity contribution in [3.63, 3.8) is 0 Å². The number of fused-ring (bicyclic) bond motifs is 1. The molecule has 0 radical (unpaired) electrons. The van der Waals surface area contributed by atoms with Crippen LogP contribution in [-0.4, -0.2) is 36.6 Å². The third kappa shape index (κ3) is 1.75. The predicted octanol–water partition coefficient (Wildman–Crippen LogP) is 1.92. The second kappa shape index (κ2) is 3.86. The number of benzene rings is 1. The zero-order valence-electron chi connectivity index (χ0n) is 10.5. The maximum atomic E-state index is 3.66. The summed E-state index contributed by atoms with van der Waals surface area (Å²) < 4.78 is 0. The van der Waals surface area contributed by atoms with E-state index in [1.807, 2.05) is 0 Å². The van der Waals surface area contributed by atoms with E-state index in [1.54, 1.807) is 0 Å². The number of hydrogen-bond donors (Lipinski definition) is 2. The molecule has 3 rings (SSSR count). The van der Waals surface area contributed by atoms with Gasteiger partial charge >= 0.3 is 0 Å². The Labute approximate surface area is 102 Å². The van der Waals surface area contributed by atoms with E-state index in [2.05, 4.69) is 59.6 Å². The van der Waals surface area contributed by atoms with Gasteiger partial charge in [0.15, 0.2) is 0 Å². The van der Waals surface area contributed by atoms with Gasteiger partial charge in [0.25, 0.3) is 0 Å². The summed E-state index contributed by atoms with van der Waals surface area (Å²) in [6, 6.07) is 8.51. The highest BCUT2D eigenvalue weighted by Crippen LogP contribution is 2.30. The number of likely N-dealkylation sites (N-methyl/N-ethyl adjacent to an activating group) is 1. The molecule has 1 unspecified atom stereocenters. The van der Waals surface area contributed by atoms with E-state index in [1.165, 1.54) is 16.5 Å². The number of nitrogens with zero attached hydrogens (tertiary/aromatic N) is 1. The molecule has 1 aromatic heterocycles. The maximum absolute atomic E-state index is 3.66. The van der Waals surface area contributed by atoms with Gasteiger partial charge in [0.2, 0.25) is 0 Å². The van der Waals surface area contributed by atoms with E-state index in [9.17, 15) is 0 Å². The highest BCUT2D eigenvalue weighted by molar-refractivity contribution is 5.84. The van der Waals surface area contributed by atoms with Gasteiger partial charge in [-0.15, -0.1) is 0 Å². The van der Waals surface area contributed by atoms with Gasteiger partial charge in [-0.2, -0.15) is 0 Å². The second-order valence-corrected chi connectivity index (χ2v) is 5.24. The van der Waals surface area contributed by atoms with E-state index >= 15 is 0 Å². The lowest BCUT2D eigenvalue weighted by Crippen LogP contribution is -2.55. The summed E-state index contributed by atoms with van der Waals surface area (Å²) in [5, 5.41) is 4.99. The number of hydrogen-bond acceptors (Lipinski definition) is 2. The zero-order chi connectivity index (χ0) is 11.9. The Bertz CT molecular complexity index is 531. The lowest BCUT2D eigenvalue weighted by molar-refractivity contribution is 0.172. The molecule has 0 saturated carbocycles. The molecule has 3 heteroatoms. The van der Waals surface area contributed by atoms with Gasteiger partial charge < -0.3 is 15.2 Å². The van der Waals surface area contributed by atoms with Gasteiger partial charge in [-0.1, -0.05) is 18.2 Å².